The van der Waals surface area contributed by atoms with E-state index in [0.29, 0.717) is 46.6 Å². The monoisotopic (exact) mass is 670 g/mol. The van der Waals surface area contributed by atoms with Gasteiger partial charge in [-0.1, -0.05) is 31.1 Å². The van der Waals surface area contributed by atoms with E-state index in [4.69, 9.17) is 14.3 Å². The van der Waals surface area contributed by atoms with Crippen molar-refractivity contribution in [3.63, 3.8) is 0 Å². The topological polar surface area (TPSA) is 139 Å². The van der Waals surface area contributed by atoms with Gasteiger partial charge in [0.25, 0.3) is 0 Å². The van der Waals surface area contributed by atoms with Gasteiger partial charge in [-0.2, -0.15) is 5.10 Å². The fourth-order valence-corrected chi connectivity index (χ4v) is 6.51. The molecular formula is C37H44F2N8O2. The summed E-state index contributed by atoms with van der Waals surface area (Å²) < 4.78 is 34.8. The van der Waals surface area contributed by atoms with Gasteiger partial charge in [0.05, 0.1) is 40.8 Å². The van der Waals surface area contributed by atoms with Crippen LogP contribution in [0.3, 0.4) is 0 Å². The lowest BCUT2D eigenvalue weighted by Crippen LogP contribution is -2.37. The number of carbonyl (C=O) groups excluding carboxylic acids is 1. The Morgan fingerprint density at radius 2 is 1.82 bits per heavy atom. The zero-order valence-corrected chi connectivity index (χ0v) is 28.9. The van der Waals surface area contributed by atoms with Gasteiger partial charge in [-0.15, -0.1) is 0 Å². The predicted molar refractivity (Wildman–Crippen MR) is 188 cm³/mol. The minimum Gasteiger partial charge on any atom is -0.372 e. The fourth-order valence-electron chi connectivity index (χ4n) is 6.51. The van der Waals surface area contributed by atoms with E-state index in [1.165, 1.54) is 6.07 Å². The number of nitrogens with two attached hydrogens (primary N) is 1. The van der Waals surface area contributed by atoms with Crippen molar-refractivity contribution in [3.8, 4) is 11.1 Å². The molecule has 4 heterocycles. The van der Waals surface area contributed by atoms with Crippen molar-refractivity contribution in [3.05, 3.63) is 93.6 Å². The van der Waals surface area contributed by atoms with Gasteiger partial charge in [0.15, 0.2) is 11.6 Å². The standard InChI is InChI=1S/C36H41F2N7O.CH3NO/c1-20(2)15-30-21(3)32(25-8-10-31-26(17-25)18-40-45(31)19-24-7-9-28(37)29(38)16-24)34(35(39)33-22(4)43-46-23(33)5)36(42-30)41-27-11-13-44(6)14-12-27;2-1-3/h7-10,16-18,20,27,39H,11-15,19H2,1-6H3,(H,41,42);1H,(H2,2,3). The first kappa shape index (κ1) is 35.3. The van der Waals surface area contributed by atoms with Crippen LogP contribution in [0.1, 0.15) is 66.1 Å². The van der Waals surface area contributed by atoms with Crippen molar-refractivity contribution in [2.75, 3.05) is 25.5 Å². The van der Waals surface area contributed by atoms with E-state index in [1.807, 2.05) is 19.9 Å². The van der Waals surface area contributed by atoms with Crippen LogP contribution >= 0.6 is 0 Å². The summed E-state index contributed by atoms with van der Waals surface area (Å²) in [7, 11) is 2.15. The highest BCUT2D eigenvalue weighted by molar-refractivity contribution is 6.19. The molecular weight excluding hydrogens is 626 g/mol. The highest BCUT2D eigenvalue weighted by Gasteiger charge is 2.28. The molecule has 1 amide bonds. The molecule has 0 spiro atoms. The Bertz CT molecular complexity index is 1960. The van der Waals surface area contributed by atoms with Crippen LogP contribution in [0.25, 0.3) is 22.0 Å². The molecule has 1 aliphatic rings. The van der Waals surface area contributed by atoms with Gasteiger partial charge in [-0.3, -0.25) is 14.9 Å². The molecule has 1 aliphatic heterocycles. The second-order valence-electron chi connectivity index (χ2n) is 13.1. The van der Waals surface area contributed by atoms with Crippen LogP contribution in [0, 0.1) is 43.7 Å². The van der Waals surface area contributed by atoms with Crippen LogP contribution in [-0.2, 0) is 17.8 Å². The number of nitrogens with zero attached hydrogens (tertiary/aromatic N) is 5. The average Bonchev–Trinajstić information content (AvgIpc) is 3.62. The number of rotatable bonds is 9. The van der Waals surface area contributed by atoms with E-state index in [0.717, 1.165) is 77.3 Å². The molecule has 1 fully saturated rings. The highest BCUT2D eigenvalue weighted by Crippen LogP contribution is 2.38. The van der Waals surface area contributed by atoms with Crippen LogP contribution in [0.15, 0.2) is 47.1 Å². The number of hydrogen-bond acceptors (Lipinski definition) is 8. The first-order chi connectivity index (χ1) is 23.4. The number of hydrogen-bond donors (Lipinski definition) is 3. The molecule has 1 saturated heterocycles. The Kier molecular flexibility index (Phi) is 10.9. The van der Waals surface area contributed by atoms with Gasteiger partial charge in [0, 0.05) is 17.1 Å². The quantitative estimate of drug-likeness (QED) is 0.119. The number of pyridine rings is 1. The highest BCUT2D eigenvalue weighted by atomic mass is 19.2. The van der Waals surface area contributed by atoms with Gasteiger partial charge >= 0.3 is 0 Å². The molecule has 0 atom stereocenters. The first-order valence-electron chi connectivity index (χ1n) is 16.5. The van der Waals surface area contributed by atoms with Crippen LogP contribution < -0.4 is 11.1 Å². The minimum absolute atomic E-state index is 0.236. The molecule has 0 unspecified atom stereocenters. The van der Waals surface area contributed by atoms with Crippen molar-refractivity contribution in [1.29, 1.82) is 5.41 Å². The SMILES string of the molecule is Cc1noc(C)c1C(=N)c1c(NC2CCN(C)CC2)nc(CC(C)C)c(C)c1-c1ccc2c(cnn2Cc2ccc(F)c(F)c2)c1.NC=O. The molecule has 0 radical (unpaired) electrons. The lowest BCUT2D eigenvalue weighted by Gasteiger charge is -2.31. The summed E-state index contributed by atoms with van der Waals surface area (Å²) in [5, 5.41) is 23.1. The summed E-state index contributed by atoms with van der Waals surface area (Å²) in [6.45, 7) is 12.5. The van der Waals surface area contributed by atoms with Crippen LogP contribution in [-0.4, -0.2) is 63.1 Å². The summed E-state index contributed by atoms with van der Waals surface area (Å²) in [4.78, 5) is 16.2. The maximum atomic E-state index is 13.9. The zero-order valence-electron chi connectivity index (χ0n) is 28.9. The molecule has 4 N–H and O–H groups in total. The number of benzene rings is 2. The van der Waals surface area contributed by atoms with E-state index >= 15 is 0 Å². The summed E-state index contributed by atoms with van der Waals surface area (Å²) in [5.74, 6) is -0.0490. The average molecular weight is 671 g/mol. The number of halogens is 2. The number of primary amides is 1. The van der Waals surface area contributed by atoms with Crippen molar-refractivity contribution in [2.24, 2.45) is 11.7 Å². The Morgan fingerprint density at radius 1 is 1.10 bits per heavy atom. The maximum absolute atomic E-state index is 13.9. The van der Waals surface area contributed by atoms with E-state index in [2.05, 4.69) is 66.2 Å². The number of aromatic nitrogens is 4. The Balaban J connectivity index is 0.00000151. The smallest absolute Gasteiger partial charge is 0.204 e. The van der Waals surface area contributed by atoms with Crippen LogP contribution in [0.5, 0.6) is 0 Å². The van der Waals surface area contributed by atoms with Gasteiger partial charge < -0.3 is 20.5 Å². The number of nitrogens with one attached hydrogen (secondary N) is 2. The number of amides is 1. The summed E-state index contributed by atoms with van der Waals surface area (Å²) in [6, 6.07) is 10.3. The predicted octanol–water partition coefficient (Wildman–Crippen LogP) is 6.56. The number of likely N-dealkylation sites (tertiary alicyclic amines) is 1. The molecule has 5 aromatic rings. The second-order valence-corrected chi connectivity index (χ2v) is 13.1. The third-order valence-corrected chi connectivity index (χ3v) is 8.98. The molecule has 0 bridgehead atoms. The normalized spacial score (nSPS) is 13.8. The van der Waals surface area contributed by atoms with Gasteiger partial charge in [0.2, 0.25) is 6.41 Å². The Hall–Kier alpha value is -4.97. The number of fused-ring (bicyclic) bond motifs is 1. The van der Waals surface area contributed by atoms with E-state index in [1.54, 1.807) is 16.9 Å². The fraction of sp³-hybridized carbons (Fsp3) is 0.378. The van der Waals surface area contributed by atoms with Crippen LogP contribution in [0.4, 0.5) is 14.6 Å². The molecule has 258 valence electrons. The van der Waals surface area contributed by atoms with Gasteiger partial charge in [-0.05, 0) is 113 Å². The largest absolute Gasteiger partial charge is 0.372 e. The number of piperidine rings is 1. The molecule has 0 saturated carbocycles. The van der Waals surface area contributed by atoms with Gasteiger partial charge in [-0.25, -0.2) is 13.8 Å². The van der Waals surface area contributed by atoms with Gasteiger partial charge in [0.1, 0.15) is 11.6 Å². The third kappa shape index (κ3) is 7.69. The molecule has 2 aromatic carbocycles. The number of anilines is 1. The zero-order chi connectivity index (χ0) is 35.4. The Labute approximate surface area is 285 Å². The molecule has 49 heavy (non-hydrogen) atoms. The third-order valence-electron chi connectivity index (χ3n) is 8.98. The Morgan fingerprint density at radius 3 is 2.45 bits per heavy atom. The number of carbonyl (C=O) groups is 1. The summed E-state index contributed by atoms with van der Waals surface area (Å²) >= 11 is 0. The van der Waals surface area contributed by atoms with E-state index < -0.39 is 11.6 Å². The first-order valence-corrected chi connectivity index (χ1v) is 16.5. The molecule has 0 aliphatic carbocycles. The van der Waals surface area contributed by atoms with Crippen molar-refractivity contribution < 1.29 is 18.1 Å². The van der Waals surface area contributed by atoms with E-state index in [9.17, 15) is 14.2 Å². The maximum Gasteiger partial charge on any atom is 0.204 e. The summed E-state index contributed by atoms with van der Waals surface area (Å²) in [5.41, 5.74) is 12.0. The molecule has 3 aromatic heterocycles. The molecule has 6 rings (SSSR count). The second kappa shape index (κ2) is 15.1. The molecule has 12 heteroatoms. The van der Waals surface area contributed by atoms with Crippen molar-refractivity contribution in [1.82, 2.24) is 24.8 Å². The van der Waals surface area contributed by atoms with Crippen molar-refractivity contribution in [2.45, 2.75) is 66.5 Å². The number of aryl methyl sites for hydroxylation is 2. The minimum atomic E-state index is -0.875. The molecule has 10 nitrogen and oxygen atoms in total. The summed E-state index contributed by atoms with van der Waals surface area (Å²) in [6.07, 6.45) is 4.82. The van der Waals surface area contributed by atoms with Crippen molar-refractivity contribution >= 4 is 28.8 Å². The van der Waals surface area contributed by atoms with E-state index in [-0.39, 0.29) is 12.5 Å². The lowest BCUT2D eigenvalue weighted by molar-refractivity contribution is -0.106. The lowest BCUT2D eigenvalue weighted by atomic mass is 9.87. The van der Waals surface area contributed by atoms with Crippen LogP contribution in [0.2, 0.25) is 0 Å².